The molecule has 0 unspecified atom stereocenters. The summed E-state index contributed by atoms with van der Waals surface area (Å²) in [5.74, 6) is 1.11. The Labute approximate surface area is 185 Å². The van der Waals surface area contributed by atoms with E-state index in [4.69, 9.17) is 4.74 Å². The molecule has 2 aromatic rings. The number of nitrogens with one attached hydrogen (secondary N) is 1. The number of halogens is 1. The molecule has 0 aliphatic carbocycles. The van der Waals surface area contributed by atoms with Crippen molar-refractivity contribution >= 4 is 5.91 Å². The fourth-order valence-electron chi connectivity index (χ4n) is 4.48. The van der Waals surface area contributed by atoms with Crippen molar-refractivity contribution in [2.45, 2.75) is 59.0 Å². The Morgan fingerprint density at radius 3 is 2.55 bits per heavy atom. The van der Waals surface area contributed by atoms with Gasteiger partial charge in [0.2, 0.25) is 5.91 Å². The van der Waals surface area contributed by atoms with Crippen molar-refractivity contribution in [2.24, 2.45) is 5.92 Å². The summed E-state index contributed by atoms with van der Waals surface area (Å²) in [4.78, 5) is 15.4. The highest BCUT2D eigenvalue weighted by molar-refractivity contribution is 5.79. The number of rotatable bonds is 7. The Morgan fingerprint density at radius 1 is 1.19 bits per heavy atom. The molecule has 0 saturated carbocycles. The van der Waals surface area contributed by atoms with Crippen LogP contribution in [0.15, 0.2) is 36.4 Å². The van der Waals surface area contributed by atoms with Gasteiger partial charge >= 0.3 is 0 Å². The number of hydrogen-bond donors (Lipinski definition) is 1. The van der Waals surface area contributed by atoms with Crippen molar-refractivity contribution in [3.05, 3.63) is 64.5 Å². The third-order valence-electron chi connectivity index (χ3n) is 6.26. The molecule has 168 valence electrons. The van der Waals surface area contributed by atoms with Crippen LogP contribution in [-0.2, 0) is 11.3 Å². The largest absolute Gasteiger partial charge is 0.496 e. The van der Waals surface area contributed by atoms with Gasteiger partial charge in [-0.1, -0.05) is 26.0 Å². The maximum atomic E-state index is 13.2. The first-order chi connectivity index (χ1) is 14.8. The number of carbonyl (C=O) groups is 1. The zero-order valence-corrected chi connectivity index (χ0v) is 19.4. The summed E-state index contributed by atoms with van der Waals surface area (Å²) in [6.07, 6.45) is 1.89. The van der Waals surface area contributed by atoms with E-state index in [1.807, 2.05) is 12.1 Å². The number of likely N-dealkylation sites (tertiary alicyclic amines) is 1. The zero-order valence-electron chi connectivity index (χ0n) is 19.4. The molecular weight excluding hydrogens is 391 g/mol. The van der Waals surface area contributed by atoms with Gasteiger partial charge in [-0.15, -0.1) is 0 Å². The van der Waals surface area contributed by atoms with Gasteiger partial charge < -0.3 is 10.1 Å². The lowest BCUT2D eigenvalue weighted by Gasteiger charge is -2.33. The number of methoxy groups -OCH3 is 1. The van der Waals surface area contributed by atoms with E-state index in [2.05, 4.69) is 50.0 Å². The SMILES string of the molecule is COc1cc(C)c([C@H](C)NC(=O)[C@@H]2CCCN(Cc3ccc(F)cc3)C2)cc1C(C)C. The van der Waals surface area contributed by atoms with Gasteiger partial charge in [0.15, 0.2) is 0 Å². The normalized spacial score (nSPS) is 18.1. The van der Waals surface area contributed by atoms with Crippen molar-refractivity contribution in [3.8, 4) is 5.75 Å². The number of amides is 1. The third-order valence-corrected chi connectivity index (χ3v) is 6.26. The van der Waals surface area contributed by atoms with E-state index >= 15 is 0 Å². The van der Waals surface area contributed by atoms with Crippen LogP contribution in [0.5, 0.6) is 5.75 Å². The molecule has 3 rings (SSSR count). The first-order valence-electron chi connectivity index (χ1n) is 11.2. The van der Waals surface area contributed by atoms with Crippen LogP contribution in [0.4, 0.5) is 4.39 Å². The van der Waals surface area contributed by atoms with Gasteiger partial charge in [-0.3, -0.25) is 9.69 Å². The molecule has 1 heterocycles. The van der Waals surface area contributed by atoms with Crippen molar-refractivity contribution in [3.63, 3.8) is 0 Å². The lowest BCUT2D eigenvalue weighted by atomic mass is 9.92. The van der Waals surface area contributed by atoms with E-state index in [-0.39, 0.29) is 23.7 Å². The second kappa shape index (κ2) is 10.3. The molecule has 5 heteroatoms. The van der Waals surface area contributed by atoms with Gasteiger partial charge in [0.25, 0.3) is 0 Å². The fourth-order valence-corrected chi connectivity index (χ4v) is 4.48. The first-order valence-corrected chi connectivity index (χ1v) is 11.2. The molecule has 0 bridgehead atoms. The Bertz CT molecular complexity index is 895. The summed E-state index contributed by atoms with van der Waals surface area (Å²) in [6, 6.07) is 10.8. The third kappa shape index (κ3) is 5.85. The van der Waals surface area contributed by atoms with Gasteiger partial charge in [-0.25, -0.2) is 4.39 Å². The van der Waals surface area contributed by atoms with Crippen LogP contribution in [0.25, 0.3) is 0 Å². The molecule has 0 radical (unpaired) electrons. The summed E-state index contributed by atoms with van der Waals surface area (Å²) >= 11 is 0. The Balaban J connectivity index is 1.65. The van der Waals surface area contributed by atoms with E-state index in [9.17, 15) is 9.18 Å². The number of hydrogen-bond acceptors (Lipinski definition) is 3. The first kappa shape index (κ1) is 23.3. The van der Waals surface area contributed by atoms with Crippen LogP contribution in [0.2, 0.25) is 0 Å². The Morgan fingerprint density at radius 2 is 1.90 bits per heavy atom. The van der Waals surface area contributed by atoms with Gasteiger partial charge in [0.1, 0.15) is 11.6 Å². The number of ether oxygens (including phenoxy) is 1. The van der Waals surface area contributed by atoms with E-state index in [0.29, 0.717) is 5.92 Å². The molecule has 1 aliphatic heterocycles. The molecular formula is C26H35FN2O2. The molecule has 1 saturated heterocycles. The topological polar surface area (TPSA) is 41.6 Å². The molecule has 0 spiro atoms. The summed E-state index contributed by atoms with van der Waals surface area (Å²) < 4.78 is 18.7. The molecule has 2 aromatic carbocycles. The lowest BCUT2D eigenvalue weighted by Crippen LogP contribution is -2.43. The van der Waals surface area contributed by atoms with E-state index in [0.717, 1.165) is 60.5 Å². The maximum absolute atomic E-state index is 13.2. The predicted octanol–water partition coefficient (Wildman–Crippen LogP) is 5.36. The van der Waals surface area contributed by atoms with Gasteiger partial charge in [-0.05, 0) is 85.7 Å². The standard InChI is InChI=1S/C26H35FN2O2/c1-17(2)23-14-24(18(3)13-25(23)31-5)19(4)28-26(30)21-7-6-12-29(16-21)15-20-8-10-22(27)11-9-20/h8-11,13-14,17,19,21H,6-7,12,15-16H2,1-5H3,(H,28,30)/t19-,21+/m0/s1. The number of benzene rings is 2. The minimum absolute atomic E-state index is 0.0280. The van der Waals surface area contributed by atoms with Gasteiger partial charge in [0, 0.05) is 13.1 Å². The van der Waals surface area contributed by atoms with Crippen LogP contribution in [0, 0.1) is 18.7 Å². The minimum atomic E-state index is -0.219. The minimum Gasteiger partial charge on any atom is -0.496 e. The average molecular weight is 427 g/mol. The summed E-state index contributed by atoms with van der Waals surface area (Å²) in [6.45, 7) is 10.9. The summed E-state index contributed by atoms with van der Waals surface area (Å²) in [5, 5.41) is 3.25. The molecule has 4 nitrogen and oxygen atoms in total. The van der Waals surface area contributed by atoms with Crippen molar-refractivity contribution in [1.82, 2.24) is 10.2 Å². The van der Waals surface area contributed by atoms with Crippen LogP contribution in [0.3, 0.4) is 0 Å². The highest BCUT2D eigenvalue weighted by atomic mass is 19.1. The van der Waals surface area contributed by atoms with Gasteiger partial charge in [-0.2, -0.15) is 0 Å². The quantitative estimate of drug-likeness (QED) is 0.648. The number of piperidine rings is 1. The monoisotopic (exact) mass is 426 g/mol. The molecule has 1 amide bonds. The Kier molecular flexibility index (Phi) is 7.71. The van der Waals surface area contributed by atoms with Crippen molar-refractivity contribution in [2.75, 3.05) is 20.2 Å². The molecule has 2 atom stereocenters. The van der Waals surface area contributed by atoms with Crippen molar-refractivity contribution < 1.29 is 13.9 Å². The number of carbonyl (C=O) groups excluding carboxylic acids is 1. The highest BCUT2D eigenvalue weighted by Crippen LogP contribution is 2.32. The number of nitrogens with zero attached hydrogens (tertiary/aromatic N) is 1. The fraction of sp³-hybridized carbons (Fsp3) is 0.500. The second-order valence-corrected chi connectivity index (χ2v) is 9.04. The van der Waals surface area contributed by atoms with E-state index in [1.165, 1.54) is 12.1 Å². The van der Waals surface area contributed by atoms with Crippen LogP contribution in [-0.4, -0.2) is 31.0 Å². The summed E-state index contributed by atoms with van der Waals surface area (Å²) in [7, 11) is 1.70. The lowest BCUT2D eigenvalue weighted by molar-refractivity contribution is -0.127. The number of aryl methyl sites for hydroxylation is 1. The van der Waals surface area contributed by atoms with E-state index < -0.39 is 0 Å². The van der Waals surface area contributed by atoms with Crippen LogP contribution < -0.4 is 10.1 Å². The maximum Gasteiger partial charge on any atom is 0.224 e. The van der Waals surface area contributed by atoms with E-state index in [1.54, 1.807) is 7.11 Å². The summed E-state index contributed by atoms with van der Waals surface area (Å²) in [5.41, 5.74) is 4.49. The highest BCUT2D eigenvalue weighted by Gasteiger charge is 2.27. The second-order valence-electron chi connectivity index (χ2n) is 9.04. The smallest absolute Gasteiger partial charge is 0.224 e. The molecule has 0 aromatic heterocycles. The Hall–Kier alpha value is -2.40. The zero-order chi connectivity index (χ0) is 22.5. The average Bonchev–Trinajstić information content (AvgIpc) is 2.75. The molecule has 1 aliphatic rings. The predicted molar refractivity (Wildman–Crippen MR) is 123 cm³/mol. The molecule has 1 N–H and O–H groups in total. The molecule has 31 heavy (non-hydrogen) atoms. The molecule has 1 fully saturated rings. The van der Waals surface area contributed by atoms with Gasteiger partial charge in [0.05, 0.1) is 19.1 Å². The van der Waals surface area contributed by atoms with Crippen molar-refractivity contribution in [1.29, 1.82) is 0 Å². The van der Waals surface area contributed by atoms with Crippen LogP contribution in [0.1, 0.15) is 67.8 Å². The van der Waals surface area contributed by atoms with Crippen LogP contribution >= 0.6 is 0 Å².